The van der Waals surface area contributed by atoms with Crippen molar-refractivity contribution in [1.29, 1.82) is 0 Å². The van der Waals surface area contributed by atoms with Crippen LogP contribution in [0.15, 0.2) is 48.5 Å². The van der Waals surface area contributed by atoms with E-state index in [1.165, 1.54) is 6.42 Å². The molecule has 2 aromatic carbocycles. The summed E-state index contributed by atoms with van der Waals surface area (Å²) in [4.78, 5) is 27.2. The third-order valence-corrected chi connectivity index (χ3v) is 5.17. The largest absolute Gasteiger partial charge is 0.338 e. The predicted molar refractivity (Wildman–Crippen MR) is 109 cm³/mol. The quantitative estimate of drug-likeness (QED) is 0.836. The number of nitrogens with zero attached hydrogens (tertiary/aromatic N) is 1. The van der Waals surface area contributed by atoms with Crippen LogP contribution in [0.4, 0.5) is 5.69 Å². The third-order valence-electron chi connectivity index (χ3n) is 5.17. The minimum Gasteiger partial charge on any atom is -0.338 e. The number of piperidine rings is 1. The van der Waals surface area contributed by atoms with Gasteiger partial charge in [0, 0.05) is 29.9 Å². The van der Waals surface area contributed by atoms with E-state index in [4.69, 9.17) is 0 Å². The van der Waals surface area contributed by atoms with E-state index in [9.17, 15) is 9.59 Å². The van der Waals surface area contributed by atoms with Gasteiger partial charge in [-0.3, -0.25) is 9.59 Å². The van der Waals surface area contributed by atoms with Gasteiger partial charge < -0.3 is 10.2 Å². The van der Waals surface area contributed by atoms with Crippen LogP contribution >= 0.6 is 0 Å². The van der Waals surface area contributed by atoms with E-state index in [0.29, 0.717) is 23.0 Å². The molecule has 4 heteroatoms. The molecule has 0 spiro atoms. The number of amides is 2. The van der Waals surface area contributed by atoms with Gasteiger partial charge in [0.1, 0.15) is 0 Å². The van der Waals surface area contributed by atoms with Crippen LogP contribution in [-0.2, 0) is 0 Å². The standard InChI is InChI=1S/C23H28N2O2/c1-16(2)20-8-4-5-9-21(20)24-22(26)18-10-12-19(13-11-18)23(27)25-14-6-7-17(3)15-25/h4-5,8-13,16-17H,6-7,14-15H2,1-3H3,(H,24,26). The van der Waals surface area contributed by atoms with Gasteiger partial charge in [-0.15, -0.1) is 0 Å². The minimum absolute atomic E-state index is 0.0543. The Hall–Kier alpha value is -2.62. The van der Waals surface area contributed by atoms with Crippen molar-refractivity contribution in [3.8, 4) is 0 Å². The van der Waals surface area contributed by atoms with Gasteiger partial charge in [-0.25, -0.2) is 0 Å². The van der Waals surface area contributed by atoms with Crippen molar-refractivity contribution in [3.05, 3.63) is 65.2 Å². The van der Waals surface area contributed by atoms with Crippen molar-refractivity contribution in [2.75, 3.05) is 18.4 Å². The number of rotatable bonds is 4. The van der Waals surface area contributed by atoms with E-state index in [1.54, 1.807) is 24.3 Å². The lowest BCUT2D eigenvalue weighted by Gasteiger charge is -2.31. The Labute approximate surface area is 161 Å². The van der Waals surface area contributed by atoms with Crippen LogP contribution in [0.1, 0.15) is 65.8 Å². The average molecular weight is 364 g/mol. The molecule has 27 heavy (non-hydrogen) atoms. The molecule has 1 heterocycles. The molecular formula is C23H28N2O2. The summed E-state index contributed by atoms with van der Waals surface area (Å²) in [5.74, 6) is 0.773. The lowest BCUT2D eigenvalue weighted by molar-refractivity contribution is 0.0682. The van der Waals surface area contributed by atoms with Gasteiger partial charge in [-0.05, 0) is 60.6 Å². The molecule has 1 unspecified atom stereocenters. The molecule has 2 aromatic rings. The Morgan fingerprint density at radius 3 is 2.37 bits per heavy atom. The molecule has 1 saturated heterocycles. The van der Waals surface area contributed by atoms with Gasteiger partial charge in [0.15, 0.2) is 0 Å². The highest BCUT2D eigenvalue weighted by atomic mass is 16.2. The first-order chi connectivity index (χ1) is 13.0. The number of para-hydroxylation sites is 1. The van der Waals surface area contributed by atoms with Crippen LogP contribution in [-0.4, -0.2) is 29.8 Å². The summed E-state index contributed by atoms with van der Waals surface area (Å²) in [5, 5.41) is 2.99. The van der Waals surface area contributed by atoms with Crippen LogP contribution in [0.2, 0.25) is 0 Å². The number of carbonyl (C=O) groups excluding carboxylic acids is 2. The Kier molecular flexibility index (Phi) is 5.94. The van der Waals surface area contributed by atoms with E-state index in [1.807, 2.05) is 29.2 Å². The van der Waals surface area contributed by atoms with Crippen LogP contribution in [0.25, 0.3) is 0 Å². The maximum absolute atomic E-state index is 12.7. The second-order valence-corrected chi connectivity index (χ2v) is 7.77. The smallest absolute Gasteiger partial charge is 0.255 e. The van der Waals surface area contributed by atoms with Crippen LogP contribution < -0.4 is 5.32 Å². The SMILES string of the molecule is CC1CCCN(C(=O)c2ccc(C(=O)Nc3ccccc3C(C)C)cc2)C1. The van der Waals surface area contributed by atoms with E-state index < -0.39 is 0 Å². The Bertz CT molecular complexity index is 811. The third kappa shape index (κ3) is 4.57. The van der Waals surface area contributed by atoms with Gasteiger partial charge in [0.05, 0.1) is 0 Å². The molecule has 0 aliphatic carbocycles. The second kappa shape index (κ2) is 8.38. The molecule has 4 nitrogen and oxygen atoms in total. The molecule has 1 fully saturated rings. The Morgan fingerprint density at radius 1 is 1.04 bits per heavy atom. The zero-order valence-corrected chi connectivity index (χ0v) is 16.4. The van der Waals surface area contributed by atoms with E-state index in [2.05, 4.69) is 26.1 Å². The monoisotopic (exact) mass is 364 g/mol. The van der Waals surface area contributed by atoms with Crippen molar-refractivity contribution in [2.45, 2.75) is 39.5 Å². The zero-order chi connectivity index (χ0) is 19.4. The average Bonchev–Trinajstić information content (AvgIpc) is 2.67. The lowest BCUT2D eigenvalue weighted by atomic mass is 9.99. The molecule has 1 aliphatic heterocycles. The summed E-state index contributed by atoms with van der Waals surface area (Å²) in [6, 6.07) is 14.8. The zero-order valence-electron chi connectivity index (χ0n) is 16.4. The molecular weight excluding hydrogens is 336 g/mol. The van der Waals surface area contributed by atoms with Gasteiger partial charge >= 0.3 is 0 Å². The molecule has 0 radical (unpaired) electrons. The Morgan fingerprint density at radius 2 is 1.70 bits per heavy atom. The van der Waals surface area contributed by atoms with Crippen molar-refractivity contribution in [1.82, 2.24) is 4.90 Å². The lowest BCUT2D eigenvalue weighted by Crippen LogP contribution is -2.39. The fourth-order valence-corrected chi connectivity index (χ4v) is 3.63. The van der Waals surface area contributed by atoms with Crippen molar-refractivity contribution in [2.24, 2.45) is 5.92 Å². The van der Waals surface area contributed by atoms with Crippen LogP contribution in [0.3, 0.4) is 0 Å². The fourth-order valence-electron chi connectivity index (χ4n) is 3.63. The number of hydrogen-bond acceptors (Lipinski definition) is 2. The molecule has 0 saturated carbocycles. The molecule has 3 rings (SSSR count). The number of carbonyl (C=O) groups is 2. The summed E-state index contributed by atoms with van der Waals surface area (Å²) in [6.07, 6.45) is 2.24. The maximum atomic E-state index is 12.7. The molecule has 0 aromatic heterocycles. The number of anilines is 1. The van der Waals surface area contributed by atoms with Crippen LogP contribution in [0.5, 0.6) is 0 Å². The van der Waals surface area contributed by atoms with Gasteiger partial charge in [-0.2, -0.15) is 0 Å². The minimum atomic E-state index is -0.159. The molecule has 142 valence electrons. The highest BCUT2D eigenvalue weighted by Gasteiger charge is 2.22. The molecule has 2 amide bonds. The summed E-state index contributed by atoms with van der Waals surface area (Å²) in [7, 11) is 0. The van der Waals surface area contributed by atoms with E-state index in [0.717, 1.165) is 30.8 Å². The normalized spacial score (nSPS) is 17.0. The summed E-state index contributed by atoms with van der Waals surface area (Å²) < 4.78 is 0. The van der Waals surface area contributed by atoms with Gasteiger partial charge in [-0.1, -0.05) is 39.0 Å². The van der Waals surface area contributed by atoms with Gasteiger partial charge in [0.25, 0.3) is 11.8 Å². The highest BCUT2D eigenvalue weighted by Crippen LogP contribution is 2.24. The van der Waals surface area contributed by atoms with Crippen molar-refractivity contribution in [3.63, 3.8) is 0 Å². The first-order valence-electron chi connectivity index (χ1n) is 9.75. The Balaban J connectivity index is 1.70. The fraction of sp³-hybridized carbons (Fsp3) is 0.391. The maximum Gasteiger partial charge on any atom is 0.255 e. The molecule has 0 bridgehead atoms. The first-order valence-corrected chi connectivity index (χ1v) is 9.75. The summed E-state index contributed by atoms with van der Waals surface area (Å²) in [5.41, 5.74) is 3.14. The summed E-state index contributed by atoms with van der Waals surface area (Å²) in [6.45, 7) is 8.02. The van der Waals surface area contributed by atoms with Gasteiger partial charge in [0.2, 0.25) is 0 Å². The number of benzene rings is 2. The number of nitrogens with one attached hydrogen (secondary N) is 1. The number of likely N-dealkylation sites (tertiary alicyclic amines) is 1. The van der Waals surface area contributed by atoms with Crippen molar-refractivity contribution >= 4 is 17.5 Å². The topological polar surface area (TPSA) is 49.4 Å². The highest BCUT2D eigenvalue weighted by molar-refractivity contribution is 6.05. The van der Waals surface area contributed by atoms with E-state index in [-0.39, 0.29) is 11.8 Å². The predicted octanol–water partition coefficient (Wildman–Crippen LogP) is 4.93. The summed E-state index contributed by atoms with van der Waals surface area (Å²) >= 11 is 0. The molecule has 1 aliphatic rings. The molecule has 1 atom stereocenters. The second-order valence-electron chi connectivity index (χ2n) is 7.77. The first kappa shape index (κ1) is 19.2. The van der Waals surface area contributed by atoms with E-state index >= 15 is 0 Å². The van der Waals surface area contributed by atoms with Crippen molar-refractivity contribution < 1.29 is 9.59 Å². The molecule has 1 N–H and O–H groups in total. The number of hydrogen-bond donors (Lipinski definition) is 1. The van der Waals surface area contributed by atoms with Crippen LogP contribution in [0, 0.1) is 5.92 Å².